The van der Waals surface area contributed by atoms with Crippen molar-refractivity contribution in [2.24, 2.45) is 0 Å². The van der Waals surface area contributed by atoms with Crippen LogP contribution in [0.4, 0.5) is 5.69 Å². The second kappa shape index (κ2) is 9.00. The summed E-state index contributed by atoms with van der Waals surface area (Å²) in [6.07, 6.45) is 1.20. The molecule has 0 aliphatic carbocycles. The van der Waals surface area contributed by atoms with Gasteiger partial charge in [0.1, 0.15) is 0 Å². The summed E-state index contributed by atoms with van der Waals surface area (Å²) in [4.78, 5) is 23.5. The Hall–Kier alpha value is -2.04. The quantitative estimate of drug-likeness (QED) is 0.687. The van der Waals surface area contributed by atoms with Crippen molar-refractivity contribution >= 4 is 17.5 Å². The highest BCUT2D eigenvalue weighted by molar-refractivity contribution is 5.94. The first kappa shape index (κ1) is 17.0. The Labute approximate surface area is 126 Å². The van der Waals surface area contributed by atoms with E-state index in [4.69, 9.17) is 0 Å². The minimum Gasteiger partial charge on any atom is -0.385 e. The summed E-state index contributed by atoms with van der Waals surface area (Å²) in [5.41, 5.74) is 1.58. The first-order valence-electron chi connectivity index (χ1n) is 7.48. The third kappa shape index (κ3) is 6.29. The maximum atomic E-state index is 11.9. The van der Waals surface area contributed by atoms with E-state index in [1.807, 2.05) is 32.9 Å². The molecule has 0 bridgehead atoms. The Morgan fingerprint density at radius 1 is 1.14 bits per heavy atom. The standard InChI is InChI=1S/C16H25N3O2/c1-4-12(3)19-15(20)10-11-18-16(21)13-6-8-14(9-7-13)17-5-2/h6-9,12,17H,4-5,10-11H2,1-3H3,(H,18,21)(H,19,20). The lowest BCUT2D eigenvalue weighted by Gasteiger charge is -2.11. The van der Waals surface area contributed by atoms with Crippen LogP contribution < -0.4 is 16.0 Å². The predicted octanol–water partition coefficient (Wildman–Crippen LogP) is 2.15. The Morgan fingerprint density at radius 2 is 1.81 bits per heavy atom. The first-order chi connectivity index (χ1) is 10.1. The zero-order valence-corrected chi connectivity index (χ0v) is 13.0. The Bertz CT molecular complexity index is 457. The third-order valence-corrected chi connectivity index (χ3v) is 3.19. The summed E-state index contributed by atoms with van der Waals surface area (Å²) < 4.78 is 0. The van der Waals surface area contributed by atoms with Crippen molar-refractivity contribution in [3.8, 4) is 0 Å². The molecule has 116 valence electrons. The summed E-state index contributed by atoms with van der Waals surface area (Å²) in [5.74, 6) is -0.193. The predicted molar refractivity (Wildman–Crippen MR) is 85.5 cm³/mol. The Morgan fingerprint density at radius 3 is 2.38 bits per heavy atom. The first-order valence-corrected chi connectivity index (χ1v) is 7.48. The molecule has 1 atom stereocenters. The van der Waals surface area contributed by atoms with Gasteiger partial charge in [0.25, 0.3) is 5.91 Å². The molecule has 3 N–H and O–H groups in total. The second-order valence-corrected chi connectivity index (χ2v) is 4.99. The molecule has 2 amide bonds. The van der Waals surface area contributed by atoms with E-state index in [1.54, 1.807) is 12.1 Å². The topological polar surface area (TPSA) is 70.2 Å². The molecule has 0 fully saturated rings. The van der Waals surface area contributed by atoms with Gasteiger partial charge in [-0.1, -0.05) is 6.92 Å². The van der Waals surface area contributed by atoms with E-state index in [1.165, 1.54) is 0 Å². The number of nitrogens with one attached hydrogen (secondary N) is 3. The monoisotopic (exact) mass is 291 g/mol. The fourth-order valence-corrected chi connectivity index (χ4v) is 1.78. The van der Waals surface area contributed by atoms with Gasteiger partial charge < -0.3 is 16.0 Å². The summed E-state index contributed by atoms with van der Waals surface area (Å²) in [6.45, 7) is 7.18. The second-order valence-electron chi connectivity index (χ2n) is 4.99. The van der Waals surface area contributed by atoms with Crippen molar-refractivity contribution in [1.82, 2.24) is 10.6 Å². The number of amides is 2. The van der Waals surface area contributed by atoms with Gasteiger partial charge in [0, 0.05) is 36.8 Å². The number of benzene rings is 1. The van der Waals surface area contributed by atoms with Crippen LogP contribution >= 0.6 is 0 Å². The van der Waals surface area contributed by atoms with Crippen molar-refractivity contribution in [3.63, 3.8) is 0 Å². The van der Waals surface area contributed by atoms with Crippen LogP contribution in [0.25, 0.3) is 0 Å². The average molecular weight is 291 g/mol. The summed E-state index contributed by atoms with van der Waals surface area (Å²) in [6, 6.07) is 7.45. The zero-order valence-electron chi connectivity index (χ0n) is 13.0. The highest BCUT2D eigenvalue weighted by Gasteiger charge is 2.08. The average Bonchev–Trinajstić information content (AvgIpc) is 2.48. The van der Waals surface area contributed by atoms with Crippen molar-refractivity contribution < 1.29 is 9.59 Å². The maximum absolute atomic E-state index is 11.9. The molecule has 5 nitrogen and oxygen atoms in total. The third-order valence-electron chi connectivity index (χ3n) is 3.19. The number of carbonyl (C=O) groups is 2. The summed E-state index contributed by atoms with van der Waals surface area (Å²) in [5, 5.41) is 8.79. The lowest BCUT2D eigenvalue weighted by molar-refractivity contribution is -0.121. The molecule has 1 aromatic carbocycles. The smallest absolute Gasteiger partial charge is 0.251 e. The minimum atomic E-state index is -0.158. The van der Waals surface area contributed by atoms with E-state index in [9.17, 15) is 9.59 Å². The molecule has 0 radical (unpaired) electrons. The van der Waals surface area contributed by atoms with Crippen molar-refractivity contribution in [1.29, 1.82) is 0 Å². The molecule has 1 rings (SSSR count). The molecule has 0 aliphatic heterocycles. The van der Waals surface area contributed by atoms with Gasteiger partial charge in [0.05, 0.1) is 0 Å². The van der Waals surface area contributed by atoms with Crippen LogP contribution in [0.1, 0.15) is 44.0 Å². The molecule has 1 unspecified atom stereocenters. The van der Waals surface area contributed by atoms with Gasteiger partial charge in [0.15, 0.2) is 0 Å². The number of hydrogen-bond donors (Lipinski definition) is 3. The lowest BCUT2D eigenvalue weighted by atomic mass is 10.2. The van der Waals surface area contributed by atoms with Gasteiger partial charge in [-0.25, -0.2) is 0 Å². The van der Waals surface area contributed by atoms with E-state index < -0.39 is 0 Å². The maximum Gasteiger partial charge on any atom is 0.251 e. The number of carbonyl (C=O) groups excluding carboxylic acids is 2. The number of hydrogen-bond acceptors (Lipinski definition) is 3. The lowest BCUT2D eigenvalue weighted by Crippen LogP contribution is -2.35. The minimum absolute atomic E-state index is 0.0351. The number of rotatable bonds is 8. The van der Waals surface area contributed by atoms with Crippen LogP contribution in [0.3, 0.4) is 0 Å². The fourth-order valence-electron chi connectivity index (χ4n) is 1.78. The summed E-state index contributed by atoms with van der Waals surface area (Å²) >= 11 is 0. The highest BCUT2D eigenvalue weighted by Crippen LogP contribution is 2.08. The van der Waals surface area contributed by atoms with Crippen LogP contribution in [0, 0.1) is 0 Å². The van der Waals surface area contributed by atoms with Crippen LogP contribution in [-0.2, 0) is 4.79 Å². The highest BCUT2D eigenvalue weighted by atomic mass is 16.2. The molecule has 0 heterocycles. The molecule has 1 aromatic rings. The van der Waals surface area contributed by atoms with Crippen molar-refractivity contribution in [2.75, 3.05) is 18.4 Å². The van der Waals surface area contributed by atoms with Crippen LogP contribution in [0.15, 0.2) is 24.3 Å². The Balaban J connectivity index is 2.35. The molecular weight excluding hydrogens is 266 g/mol. The molecular formula is C16H25N3O2. The molecule has 0 aliphatic rings. The van der Waals surface area contributed by atoms with Crippen LogP contribution in [0.2, 0.25) is 0 Å². The van der Waals surface area contributed by atoms with E-state index >= 15 is 0 Å². The number of anilines is 1. The molecule has 0 saturated carbocycles. The van der Waals surface area contributed by atoms with E-state index in [0.717, 1.165) is 18.7 Å². The van der Waals surface area contributed by atoms with Crippen molar-refractivity contribution in [2.45, 2.75) is 39.7 Å². The fraction of sp³-hybridized carbons (Fsp3) is 0.500. The van der Waals surface area contributed by atoms with Crippen LogP contribution in [-0.4, -0.2) is 30.9 Å². The molecule has 5 heteroatoms. The summed E-state index contributed by atoms with van der Waals surface area (Å²) in [7, 11) is 0. The van der Waals surface area contributed by atoms with E-state index in [0.29, 0.717) is 18.5 Å². The van der Waals surface area contributed by atoms with Gasteiger partial charge in [-0.15, -0.1) is 0 Å². The molecule has 0 spiro atoms. The normalized spacial score (nSPS) is 11.6. The molecule has 21 heavy (non-hydrogen) atoms. The SMILES string of the molecule is CCNc1ccc(C(=O)NCCC(=O)NC(C)CC)cc1. The van der Waals surface area contributed by atoms with Gasteiger partial charge in [-0.05, 0) is 44.5 Å². The Kier molecular flexibility index (Phi) is 7.29. The van der Waals surface area contributed by atoms with E-state index in [-0.39, 0.29) is 17.9 Å². The van der Waals surface area contributed by atoms with Gasteiger partial charge in [-0.2, -0.15) is 0 Å². The van der Waals surface area contributed by atoms with Gasteiger partial charge >= 0.3 is 0 Å². The van der Waals surface area contributed by atoms with Crippen molar-refractivity contribution in [3.05, 3.63) is 29.8 Å². The van der Waals surface area contributed by atoms with Gasteiger partial charge in [0.2, 0.25) is 5.91 Å². The van der Waals surface area contributed by atoms with Crippen LogP contribution in [0.5, 0.6) is 0 Å². The molecule has 0 aromatic heterocycles. The zero-order chi connectivity index (χ0) is 15.7. The van der Waals surface area contributed by atoms with E-state index in [2.05, 4.69) is 16.0 Å². The largest absolute Gasteiger partial charge is 0.385 e. The van der Waals surface area contributed by atoms with Gasteiger partial charge in [-0.3, -0.25) is 9.59 Å². The molecule has 0 saturated heterocycles.